The first-order valence-electron chi connectivity index (χ1n) is 7.81. The second-order valence-corrected chi connectivity index (χ2v) is 5.40. The largest absolute Gasteiger partial charge is 0.490 e. The highest BCUT2D eigenvalue weighted by atomic mass is 19.1. The van der Waals surface area contributed by atoms with Gasteiger partial charge in [0.15, 0.2) is 11.5 Å². The van der Waals surface area contributed by atoms with Crippen LogP contribution in [0.2, 0.25) is 0 Å². The summed E-state index contributed by atoms with van der Waals surface area (Å²) >= 11 is 0. The molecule has 24 heavy (non-hydrogen) atoms. The van der Waals surface area contributed by atoms with Crippen molar-refractivity contribution in [3.63, 3.8) is 0 Å². The van der Waals surface area contributed by atoms with Gasteiger partial charge in [0, 0.05) is 24.6 Å². The number of benzene rings is 2. The number of carbonyl (C=O) groups excluding carboxylic acids is 1. The first-order valence-corrected chi connectivity index (χ1v) is 7.81. The van der Waals surface area contributed by atoms with Gasteiger partial charge in [-0.15, -0.1) is 0 Å². The monoisotopic (exact) mass is 327 g/mol. The molecule has 0 bridgehead atoms. The maximum absolute atomic E-state index is 13.5. The Hall–Kier alpha value is -2.82. The zero-order valence-corrected chi connectivity index (χ0v) is 13.1. The molecule has 124 valence electrons. The van der Waals surface area contributed by atoms with Gasteiger partial charge in [0.25, 0.3) is 0 Å². The summed E-state index contributed by atoms with van der Waals surface area (Å²) in [5.41, 5.74) is 1.29. The standard InChI is InChI=1S/C19H18FNO3/c20-16-5-2-1-4-15(16)7-9-19(22)21-13-14-6-8-17-18(12-14)24-11-3-10-23-17/h1-2,4-9,12H,3,10-11,13H2,(H,21,22)/b9-7+. The SMILES string of the molecule is O=C(/C=C/c1ccccc1F)NCc1ccc2c(c1)OCCCO2. The van der Waals surface area contributed by atoms with Crippen molar-refractivity contribution in [3.8, 4) is 11.5 Å². The van der Waals surface area contributed by atoms with Crippen LogP contribution in [0.5, 0.6) is 11.5 Å². The number of halogens is 1. The lowest BCUT2D eigenvalue weighted by Crippen LogP contribution is -2.20. The van der Waals surface area contributed by atoms with E-state index in [4.69, 9.17) is 9.47 Å². The molecular weight excluding hydrogens is 309 g/mol. The Labute approximate surface area is 139 Å². The summed E-state index contributed by atoms with van der Waals surface area (Å²) in [4.78, 5) is 11.9. The van der Waals surface area contributed by atoms with Gasteiger partial charge >= 0.3 is 0 Å². The minimum Gasteiger partial charge on any atom is -0.490 e. The van der Waals surface area contributed by atoms with Crippen molar-refractivity contribution >= 4 is 12.0 Å². The highest BCUT2D eigenvalue weighted by molar-refractivity contribution is 5.91. The molecule has 2 aromatic rings. The van der Waals surface area contributed by atoms with E-state index < -0.39 is 0 Å². The van der Waals surface area contributed by atoms with E-state index in [0.717, 1.165) is 17.7 Å². The van der Waals surface area contributed by atoms with Crippen LogP contribution in [0.15, 0.2) is 48.5 Å². The van der Waals surface area contributed by atoms with Gasteiger partial charge in [0.1, 0.15) is 5.82 Å². The van der Waals surface area contributed by atoms with E-state index in [9.17, 15) is 9.18 Å². The summed E-state index contributed by atoms with van der Waals surface area (Å²) in [5.74, 6) is 0.776. The molecule has 2 aromatic carbocycles. The van der Waals surface area contributed by atoms with Crippen molar-refractivity contribution in [1.29, 1.82) is 0 Å². The fraction of sp³-hybridized carbons (Fsp3) is 0.211. The molecule has 1 N–H and O–H groups in total. The summed E-state index contributed by atoms with van der Waals surface area (Å²) in [5, 5.41) is 2.77. The Morgan fingerprint density at radius 2 is 1.92 bits per heavy atom. The van der Waals surface area contributed by atoms with Crippen molar-refractivity contribution in [1.82, 2.24) is 5.32 Å². The van der Waals surface area contributed by atoms with Gasteiger partial charge in [-0.1, -0.05) is 24.3 Å². The summed E-state index contributed by atoms with van der Waals surface area (Å²) in [6.07, 6.45) is 3.63. The normalized spacial score (nSPS) is 13.5. The van der Waals surface area contributed by atoms with Gasteiger partial charge in [0.05, 0.1) is 13.2 Å². The summed E-state index contributed by atoms with van der Waals surface area (Å²) in [6, 6.07) is 11.9. The van der Waals surface area contributed by atoms with Gasteiger partial charge < -0.3 is 14.8 Å². The first kappa shape index (κ1) is 16.1. The van der Waals surface area contributed by atoms with E-state index in [1.54, 1.807) is 18.2 Å². The van der Waals surface area contributed by atoms with Crippen molar-refractivity contribution in [3.05, 3.63) is 65.5 Å². The van der Waals surface area contributed by atoms with Gasteiger partial charge in [0.2, 0.25) is 5.91 Å². The third kappa shape index (κ3) is 4.13. The minimum atomic E-state index is -0.357. The van der Waals surface area contributed by atoms with Crippen molar-refractivity contribution in [2.24, 2.45) is 0 Å². The molecule has 0 atom stereocenters. The van der Waals surface area contributed by atoms with Crippen LogP contribution in [0.1, 0.15) is 17.5 Å². The molecule has 0 radical (unpaired) electrons. The number of fused-ring (bicyclic) bond motifs is 1. The second-order valence-electron chi connectivity index (χ2n) is 5.40. The molecular formula is C19H18FNO3. The fourth-order valence-electron chi connectivity index (χ4n) is 2.34. The quantitative estimate of drug-likeness (QED) is 0.877. The number of carbonyl (C=O) groups is 1. The van der Waals surface area contributed by atoms with Crippen LogP contribution in [-0.2, 0) is 11.3 Å². The first-order chi connectivity index (χ1) is 11.7. The summed E-state index contributed by atoms with van der Waals surface area (Å²) in [6.45, 7) is 1.62. The van der Waals surface area contributed by atoms with E-state index in [1.807, 2.05) is 18.2 Å². The lowest BCUT2D eigenvalue weighted by molar-refractivity contribution is -0.116. The van der Waals surface area contributed by atoms with Gasteiger partial charge in [-0.3, -0.25) is 4.79 Å². The highest BCUT2D eigenvalue weighted by Crippen LogP contribution is 2.30. The molecule has 0 fully saturated rings. The third-order valence-electron chi connectivity index (χ3n) is 3.60. The van der Waals surface area contributed by atoms with Crippen LogP contribution >= 0.6 is 0 Å². The van der Waals surface area contributed by atoms with Crippen LogP contribution in [0, 0.1) is 5.82 Å². The molecule has 1 amide bonds. The number of rotatable bonds is 4. The third-order valence-corrected chi connectivity index (χ3v) is 3.60. The molecule has 4 nitrogen and oxygen atoms in total. The Morgan fingerprint density at radius 3 is 2.75 bits per heavy atom. The topological polar surface area (TPSA) is 47.6 Å². The van der Waals surface area contributed by atoms with E-state index in [0.29, 0.717) is 31.1 Å². The Balaban J connectivity index is 1.58. The molecule has 5 heteroatoms. The minimum absolute atomic E-state index is 0.287. The van der Waals surface area contributed by atoms with Crippen LogP contribution in [0.25, 0.3) is 6.08 Å². The summed E-state index contributed by atoms with van der Waals surface area (Å²) in [7, 11) is 0. The van der Waals surface area contributed by atoms with E-state index in [-0.39, 0.29) is 11.7 Å². The Kier molecular flexibility index (Phi) is 5.11. The molecule has 0 aromatic heterocycles. The molecule has 0 saturated heterocycles. The molecule has 1 aliphatic rings. The van der Waals surface area contributed by atoms with Crippen molar-refractivity contribution in [2.75, 3.05) is 13.2 Å². The summed E-state index contributed by atoms with van der Waals surface area (Å²) < 4.78 is 24.7. The number of nitrogens with one attached hydrogen (secondary N) is 1. The second kappa shape index (κ2) is 7.64. The Morgan fingerprint density at radius 1 is 1.12 bits per heavy atom. The average molecular weight is 327 g/mol. The van der Waals surface area contributed by atoms with Crippen LogP contribution in [0.3, 0.4) is 0 Å². The highest BCUT2D eigenvalue weighted by Gasteiger charge is 2.10. The lowest BCUT2D eigenvalue weighted by atomic mass is 10.2. The molecule has 0 spiro atoms. The zero-order chi connectivity index (χ0) is 16.8. The van der Waals surface area contributed by atoms with E-state index >= 15 is 0 Å². The Bertz CT molecular complexity index is 758. The molecule has 1 aliphatic heterocycles. The molecule has 0 unspecified atom stereocenters. The lowest BCUT2D eigenvalue weighted by Gasteiger charge is -2.09. The van der Waals surface area contributed by atoms with E-state index in [2.05, 4.69) is 5.32 Å². The van der Waals surface area contributed by atoms with Gasteiger partial charge in [-0.05, 0) is 29.8 Å². The number of hydrogen-bond donors (Lipinski definition) is 1. The van der Waals surface area contributed by atoms with Gasteiger partial charge in [-0.2, -0.15) is 0 Å². The van der Waals surface area contributed by atoms with Crippen molar-refractivity contribution < 1.29 is 18.7 Å². The molecule has 0 saturated carbocycles. The molecule has 1 heterocycles. The zero-order valence-electron chi connectivity index (χ0n) is 13.1. The van der Waals surface area contributed by atoms with Crippen LogP contribution in [0.4, 0.5) is 4.39 Å². The smallest absolute Gasteiger partial charge is 0.244 e. The van der Waals surface area contributed by atoms with E-state index in [1.165, 1.54) is 18.2 Å². The van der Waals surface area contributed by atoms with Crippen LogP contribution < -0.4 is 14.8 Å². The predicted molar refractivity (Wildman–Crippen MR) is 89.3 cm³/mol. The van der Waals surface area contributed by atoms with Gasteiger partial charge in [-0.25, -0.2) is 4.39 Å². The number of amides is 1. The predicted octanol–water partition coefficient (Wildman–Crippen LogP) is 3.32. The maximum atomic E-state index is 13.5. The number of ether oxygens (including phenoxy) is 2. The molecule has 3 rings (SSSR count). The maximum Gasteiger partial charge on any atom is 0.244 e. The molecule has 0 aliphatic carbocycles. The van der Waals surface area contributed by atoms with Crippen LogP contribution in [-0.4, -0.2) is 19.1 Å². The fourth-order valence-corrected chi connectivity index (χ4v) is 2.34. The number of hydrogen-bond acceptors (Lipinski definition) is 3. The average Bonchev–Trinajstić information content (AvgIpc) is 2.84. The van der Waals surface area contributed by atoms with Crippen molar-refractivity contribution in [2.45, 2.75) is 13.0 Å².